The van der Waals surface area contributed by atoms with Crippen LogP contribution < -0.4 is 5.56 Å². The molecule has 28 heavy (non-hydrogen) atoms. The number of methoxy groups -OCH3 is 1. The molecular formula is C22H26N2O3S. The van der Waals surface area contributed by atoms with E-state index < -0.39 is 0 Å². The van der Waals surface area contributed by atoms with Crippen LogP contribution in [-0.2, 0) is 22.5 Å². The summed E-state index contributed by atoms with van der Waals surface area (Å²) in [4.78, 5) is 30.3. The van der Waals surface area contributed by atoms with Crippen molar-refractivity contribution in [2.45, 2.75) is 46.1 Å². The molecule has 5 nitrogen and oxygen atoms in total. The van der Waals surface area contributed by atoms with Gasteiger partial charge in [0, 0.05) is 37.4 Å². The molecule has 0 amide bonds. The second kappa shape index (κ2) is 8.80. The van der Waals surface area contributed by atoms with E-state index in [4.69, 9.17) is 9.72 Å². The molecule has 148 valence electrons. The highest BCUT2D eigenvalue weighted by Gasteiger charge is 2.17. The molecule has 3 rings (SSSR count). The number of ketones is 1. The normalized spacial score (nSPS) is 11.5. The van der Waals surface area contributed by atoms with Crippen LogP contribution in [0.4, 0.5) is 0 Å². The zero-order valence-electron chi connectivity index (χ0n) is 16.8. The van der Waals surface area contributed by atoms with Gasteiger partial charge in [0.15, 0.2) is 0 Å². The Kier molecular flexibility index (Phi) is 6.42. The fourth-order valence-corrected chi connectivity index (χ4v) is 4.17. The number of carbonyl (C=O) groups is 1. The summed E-state index contributed by atoms with van der Waals surface area (Å²) in [5.74, 6) is 1.19. The minimum atomic E-state index is -0.0819. The number of hydrogen-bond donors (Lipinski definition) is 0. The highest BCUT2D eigenvalue weighted by molar-refractivity contribution is 7.17. The first-order valence-corrected chi connectivity index (χ1v) is 10.4. The smallest absolute Gasteiger partial charge is 0.262 e. The molecule has 0 spiro atoms. The van der Waals surface area contributed by atoms with Gasteiger partial charge in [0.1, 0.15) is 16.4 Å². The molecule has 3 aromatic rings. The lowest BCUT2D eigenvalue weighted by Crippen LogP contribution is -2.26. The zero-order valence-corrected chi connectivity index (χ0v) is 17.6. The lowest BCUT2D eigenvalue weighted by atomic mass is 9.99. The minimum absolute atomic E-state index is 0.0551. The number of rotatable bonds is 8. The maximum atomic E-state index is 13.3. The third-order valence-electron chi connectivity index (χ3n) is 4.88. The minimum Gasteiger partial charge on any atom is -0.384 e. The van der Waals surface area contributed by atoms with Gasteiger partial charge in [-0.05, 0) is 24.0 Å². The second-order valence-corrected chi connectivity index (χ2v) is 8.14. The van der Waals surface area contributed by atoms with E-state index in [0.29, 0.717) is 43.1 Å². The summed E-state index contributed by atoms with van der Waals surface area (Å²) in [6.45, 7) is 6.69. The fraction of sp³-hybridized carbons (Fsp3) is 0.409. The highest BCUT2D eigenvalue weighted by atomic mass is 32.1. The summed E-state index contributed by atoms with van der Waals surface area (Å²) in [5.41, 5.74) is 3.10. The van der Waals surface area contributed by atoms with Gasteiger partial charge in [0.2, 0.25) is 0 Å². The monoisotopic (exact) mass is 398 g/mol. The first-order valence-electron chi connectivity index (χ1n) is 9.52. The molecule has 0 saturated carbocycles. The molecule has 0 aliphatic rings. The van der Waals surface area contributed by atoms with E-state index in [9.17, 15) is 9.59 Å². The van der Waals surface area contributed by atoms with Crippen molar-refractivity contribution in [1.82, 2.24) is 9.55 Å². The van der Waals surface area contributed by atoms with Gasteiger partial charge in [-0.2, -0.15) is 0 Å². The average Bonchev–Trinajstić information content (AvgIpc) is 3.09. The summed E-state index contributed by atoms with van der Waals surface area (Å²) in [5, 5.41) is 2.63. The largest absolute Gasteiger partial charge is 0.384 e. The van der Waals surface area contributed by atoms with Gasteiger partial charge in [-0.25, -0.2) is 4.98 Å². The Morgan fingerprint density at radius 3 is 2.57 bits per heavy atom. The van der Waals surface area contributed by atoms with E-state index in [-0.39, 0.29) is 11.3 Å². The van der Waals surface area contributed by atoms with Gasteiger partial charge in [-0.15, -0.1) is 11.3 Å². The molecule has 0 aliphatic carbocycles. The van der Waals surface area contributed by atoms with Crippen LogP contribution in [0.1, 0.15) is 44.5 Å². The zero-order chi connectivity index (χ0) is 20.3. The Bertz CT molecular complexity index is 1030. The van der Waals surface area contributed by atoms with Crippen molar-refractivity contribution < 1.29 is 9.53 Å². The van der Waals surface area contributed by atoms with E-state index in [2.05, 4.69) is 38.1 Å². The highest BCUT2D eigenvalue weighted by Crippen LogP contribution is 2.32. The van der Waals surface area contributed by atoms with Crippen LogP contribution in [0.2, 0.25) is 0 Å². The van der Waals surface area contributed by atoms with Crippen molar-refractivity contribution >= 4 is 27.3 Å². The van der Waals surface area contributed by atoms with Crippen molar-refractivity contribution in [2.75, 3.05) is 13.7 Å². The Balaban J connectivity index is 2.12. The van der Waals surface area contributed by atoms with Crippen molar-refractivity contribution in [1.29, 1.82) is 0 Å². The van der Waals surface area contributed by atoms with Crippen LogP contribution in [0.25, 0.3) is 21.3 Å². The van der Waals surface area contributed by atoms with Gasteiger partial charge in [0.25, 0.3) is 5.56 Å². The molecule has 0 bridgehead atoms. The number of carbonyl (C=O) groups excluding carboxylic acids is 1. The Hall–Kier alpha value is -2.31. The molecule has 0 N–H and O–H groups in total. The first-order chi connectivity index (χ1) is 13.4. The van der Waals surface area contributed by atoms with Crippen LogP contribution in [0, 0.1) is 0 Å². The van der Waals surface area contributed by atoms with Gasteiger partial charge >= 0.3 is 0 Å². The quantitative estimate of drug-likeness (QED) is 0.564. The number of fused-ring (bicyclic) bond motifs is 1. The molecule has 0 aliphatic heterocycles. The SMILES string of the molecule is COCCc1nc2scc(-c3ccc(C(C)C)cc3)c2c(=O)n1CCC(C)=O. The molecule has 0 radical (unpaired) electrons. The lowest BCUT2D eigenvalue weighted by molar-refractivity contribution is -0.117. The van der Waals surface area contributed by atoms with E-state index in [0.717, 1.165) is 16.0 Å². The van der Waals surface area contributed by atoms with Gasteiger partial charge in [-0.3, -0.25) is 14.2 Å². The summed E-state index contributed by atoms with van der Waals surface area (Å²) in [6.07, 6.45) is 0.853. The molecule has 0 atom stereocenters. The predicted molar refractivity (Wildman–Crippen MR) is 114 cm³/mol. The molecule has 6 heteroatoms. The predicted octanol–water partition coefficient (Wildman–Crippen LogP) is 4.42. The average molecular weight is 399 g/mol. The fourth-order valence-electron chi connectivity index (χ4n) is 3.21. The number of benzene rings is 1. The molecule has 2 heterocycles. The number of Topliss-reactive ketones (excluding diaryl/α,β-unsaturated/α-hetero) is 1. The third kappa shape index (κ3) is 4.23. The maximum absolute atomic E-state index is 13.3. The van der Waals surface area contributed by atoms with Gasteiger partial charge in [0.05, 0.1) is 12.0 Å². The van der Waals surface area contributed by atoms with Crippen LogP contribution in [0.3, 0.4) is 0 Å². The van der Waals surface area contributed by atoms with E-state index in [1.165, 1.54) is 23.8 Å². The molecule has 0 unspecified atom stereocenters. The van der Waals surface area contributed by atoms with Crippen molar-refractivity contribution in [3.8, 4) is 11.1 Å². The Morgan fingerprint density at radius 1 is 1.25 bits per heavy atom. The summed E-state index contributed by atoms with van der Waals surface area (Å²) in [7, 11) is 1.63. The number of ether oxygens (including phenoxy) is 1. The van der Waals surface area contributed by atoms with Crippen LogP contribution in [0.5, 0.6) is 0 Å². The van der Waals surface area contributed by atoms with Crippen LogP contribution in [-0.4, -0.2) is 29.1 Å². The van der Waals surface area contributed by atoms with Crippen LogP contribution in [0.15, 0.2) is 34.4 Å². The summed E-state index contributed by atoms with van der Waals surface area (Å²) >= 11 is 1.48. The van der Waals surface area contributed by atoms with E-state index in [1.807, 2.05) is 5.38 Å². The van der Waals surface area contributed by atoms with Crippen molar-refractivity contribution in [2.24, 2.45) is 0 Å². The molecule has 1 aromatic carbocycles. The van der Waals surface area contributed by atoms with Gasteiger partial charge < -0.3 is 4.74 Å². The van der Waals surface area contributed by atoms with Gasteiger partial charge in [-0.1, -0.05) is 38.1 Å². The lowest BCUT2D eigenvalue weighted by Gasteiger charge is -2.12. The number of aromatic nitrogens is 2. The van der Waals surface area contributed by atoms with Crippen LogP contribution >= 0.6 is 11.3 Å². The van der Waals surface area contributed by atoms with Crippen molar-refractivity contribution in [3.05, 3.63) is 51.4 Å². The second-order valence-electron chi connectivity index (χ2n) is 7.29. The topological polar surface area (TPSA) is 61.2 Å². The Labute approximate surface area is 169 Å². The van der Waals surface area contributed by atoms with Crippen molar-refractivity contribution in [3.63, 3.8) is 0 Å². The summed E-state index contributed by atoms with van der Waals surface area (Å²) in [6, 6.07) is 8.35. The number of hydrogen-bond acceptors (Lipinski definition) is 5. The first kappa shape index (κ1) is 20.4. The van der Waals surface area contributed by atoms with E-state index >= 15 is 0 Å². The number of thiophene rings is 1. The number of nitrogens with zero attached hydrogens (tertiary/aromatic N) is 2. The maximum Gasteiger partial charge on any atom is 0.262 e. The summed E-state index contributed by atoms with van der Waals surface area (Å²) < 4.78 is 6.80. The molecule has 0 saturated heterocycles. The standard InChI is InChI=1S/C22H26N2O3S/c1-14(2)16-5-7-17(8-6-16)18-13-28-21-20(18)22(26)24(11-9-15(3)25)19(23-21)10-12-27-4/h5-8,13-14H,9-12H2,1-4H3. The molecule has 0 fully saturated rings. The Morgan fingerprint density at radius 2 is 1.96 bits per heavy atom. The molecule has 2 aromatic heterocycles. The molecular weight excluding hydrogens is 372 g/mol. The van der Waals surface area contributed by atoms with E-state index in [1.54, 1.807) is 11.7 Å². The third-order valence-corrected chi connectivity index (χ3v) is 5.75.